The Hall–Kier alpha value is -2.52. The van der Waals surface area contributed by atoms with E-state index in [2.05, 4.69) is 10.1 Å². The first-order valence-corrected chi connectivity index (χ1v) is 5.29. The first kappa shape index (κ1) is 10.6. The smallest absolute Gasteiger partial charge is 0.282 e. The highest BCUT2D eigenvalue weighted by Crippen LogP contribution is 2.15. The third-order valence-electron chi connectivity index (χ3n) is 2.81. The Balaban J connectivity index is 2.43. The predicted octanol–water partition coefficient (Wildman–Crippen LogP) is -0.282. The van der Waals surface area contributed by atoms with Crippen LogP contribution in [0.2, 0.25) is 0 Å². The van der Waals surface area contributed by atoms with Crippen molar-refractivity contribution in [2.45, 2.75) is 6.10 Å². The topological polar surface area (TPSA) is 80.3 Å². The molecule has 0 N–H and O–H groups in total. The Labute approximate surface area is 101 Å². The van der Waals surface area contributed by atoms with E-state index in [1.165, 1.54) is 6.07 Å². The Morgan fingerprint density at radius 3 is 3.11 bits per heavy atom. The number of hydrogen-bond acceptors (Lipinski definition) is 5. The van der Waals surface area contributed by atoms with Crippen LogP contribution in [0.4, 0.5) is 0 Å². The summed E-state index contributed by atoms with van der Waals surface area (Å²) < 4.78 is 6.39. The summed E-state index contributed by atoms with van der Waals surface area (Å²) in [6.45, 7) is 0. The van der Waals surface area contributed by atoms with Gasteiger partial charge in [-0.25, -0.2) is 4.98 Å². The highest BCUT2D eigenvalue weighted by Gasteiger charge is 2.18. The molecule has 0 amide bonds. The van der Waals surface area contributed by atoms with Gasteiger partial charge in [0.1, 0.15) is 12.2 Å². The number of allylic oxidation sites excluding steroid dienone is 1. The number of nitrogens with zero attached hydrogens (tertiary/aromatic N) is 4. The maximum atomic E-state index is 12.2. The maximum absolute atomic E-state index is 12.2. The van der Waals surface area contributed by atoms with Gasteiger partial charge in [0, 0.05) is 13.2 Å². The quantitative estimate of drug-likeness (QED) is 0.684. The molecule has 0 radical (unpaired) electrons. The zero-order chi connectivity index (χ0) is 12.7. The summed E-state index contributed by atoms with van der Waals surface area (Å²) in [5, 5.41) is 13.1. The van der Waals surface area contributed by atoms with Crippen LogP contribution in [0.5, 0.6) is 0 Å². The van der Waals surface area contributed by atoms with Gasteiger partial charge in [-0.1, -0.05) is 6.08 Å². The molecule has 1 aliphatic rings. The maximum Gasteiger partial charge on any atom is 0.282 e. The second kappa shape index (κ2) is 3.75. The molecule has 1 unspecified atom stereocenters. The van der Waals surface area contributed by atoms with Crippen LogP contribution in [0.1, 0.15) is 17.5 Å². The second-order valence-electron chi connectivity index (χ2n) is 3.84. The summed E-state index contributed by atoms with van der Waals surface area (Å²) in [6.07, 6.45) is 4.89. The van der Waals surface area contributed by atoms with E-state index in [4.69, 9.17) is 10.00 Å². The molecule has 6 nitrogen and oxygen atoms in total. The number of fused-ring (bicyclic) bond motifs is 2. The van der Waals surface area contributed by atoms with E-state index in [1.54, 1.807) is 19.3 Å². The summed E-state index contributed by atoms with van der Waals surface area (Å²) in [4.78, 5) is 16.5. The van der Waals surface area contributed by atoms with E-state index in [9.17, 15) is 4.79 Å². The van der Waals surface area contributed by atoms with Crippen molar-refractivity contribution in [3.8, 4) is 6.07 Å². The fourth-order valence-electron chi connectivity index (χ4n) is 1.97. The van der Waals surface area contributed by atoms with Crippen LogP contribution in [0.25, 0.3) is 11.7 Å². The lowest BCUT2D eigenvalue weighted by Gasteiger charge is -2.13. The first-order chi connectivity index (χ1) is 8.74. The zero-order valence-corrected chi connectivity index (χ0v) is 9.49. The molecule has 2 heterocycles. The van der Waals surface area contributed by atoms with Crippen LogP contribution in [-0.2, 0) is 4.74 Å². The van der Waals surface area contributed by atoms with E-state index in [0.29, 0.717) is 16.6 Å². The van der Waals surface area contributed by atoms with Crippen molar-refractivity contribution in [3.05, 3.63) is 45.2 Å². The van der Waals surface area contributed by atoms with E-state index in [-0.39, 0.29) is 17.4 Å². The van der Waals surface area contributed by atoms with Crippen molar-refractivity contribution < 1.29 is 4.74 Å². The minimum atomic E-state index is -0.344. The van der Waals surface area contributed by atoms with E-state index in [1.807, 2.05) is 12.1 Å². The van der Waals surface area contributed by atoms with Crippen LogP contribution in [0, 0.1) is 11.3 Å². The lowest BCUT2D eigenvalue weighted by molar-refractivity contribution is 0.138. The molecule has 0 spiro atoms. The lowest BCUT2D eigenvalue weighted by Crippen LogP contribution is -2.37. The Bertz CT molecular complexity index is 813. The summed E-state index contributed by atoms with van der Waals surface area (Å²) >= 11 is 0. The molecule has 0 fully saturated rings. The number of ether oxygens (including phenoxy) is 1. The second-order valence-corrected chi connectivity index (χ2v) is 3.84. The standard InChI is InChI=1S/C12H8N4O2/c1-18-9-4-2-3-8-11(9)14-10-5-7(6-13)15-16(10)12(8)17/h2-5,9H,1H3. The van der Waals surface area contributed by atoms with Crippen LogP contribution >= 0.6 is 0 Å². The van der Waals surface area contributed by atoms with Crippen LogP contribution in [0.3, 0.4) is 0 Å². The van der Waals surface area contributed by atoms with Gasteiger partial charge >= 0.3 is 0 Å². The fraction of sp³-hybridized carbons (Fsp3) is 0.167. The van der Waals surface area contributed by atoms with Crippen molar-refractivity contribution in [1.82, 2.24) is 14.6 Å². The fourth-order valence-corrected chi connectivity index (χ4v) is 1.97. The monoisotopic (exact) mass is 240 g/mol. The molecule has 0 aromatic carbocycles. The van der Waals surface area contributed by atoms with Gasteiger partial charge < -0.3 is 4.74 Å². The molecule has 18 heavy (non-hydrogen) atoms. The van der Waals surface area contributed by atoms with Gasteiger partial charge in [-0.3, -0.25) is 4.79 Å². The third-order valence-corrected chi connectivity index (χ3v) is 2.81. The van der Waals surface area contributed by atoms with Crippen molar-refractivity contribution in [2.75, 3.05) is 7.11 Å². The summed E-state index contributed by atoms with van der Waals surface area (Å²) in [7, 11) is 1.55. The van der Waals surface area contributed by atoms with Gasteiger partial charge in [0.15, 0.2) is 11.3 Å². The van der Waals surface area contributed by atoms with Gasteiger partial charge in [-0.05, 0) is 12.2 Å². The average Bonchev–Trinajstić information content (AvgIpc) is 2.82. The Morgan fingerprint density at radius 1 is 1.56 bits per heavy atom. The van der Waals surface area contributed by atoms with Gasteiger partial charge in [-0.15, -0.1) is 0 Å². The van der Waals surface area contributed by atoms with Gasteiger partial charge in [0.2, 0.25) is 0 Å². The number of nitriles is 1. The lowest BCUT2D eigenvalue weighted by atomic mass is 10.1. The highest BCUT2D eigenvalue weighted by molar-refractivity contribution is 5.49. The van der Waals surface area contributed by atoms with Gasteiger partial charge in [0.25, 0.3) is 5.56 Å². The Morgan fingerprint density at radius 2 is 2.39 bits per heavy atom. The molecule has 1 atom stereocenters. The number of rotatable bonds is 1. The molecule has 0 saturated heterocycles. The van der Waals surface area contributed by atoms with E-state index >= 15 is 0 Å². The Kier molecular flexibility index (Phi) is 2.21. The number of aromatic nitrogens is 3. The van der Waals surface area contributed by atoms with E-state index in [0.717, 1.165) is 4.52 Å². The molecular weight excluding hydrogens is 232 g/mol. The summed E-state index contributed by atoms with van der Waals surface area (Å²) in [5.74, 6) is 0. The van der Waals surface area contributed by atoms with Crippen LogP contribution in [0.15, 0.2) is 23.0 Å². The molecule has 0 bridgehead atoms. The molecular formula is C12H8N4O2. The molecule has 0 aliphatic heterocycles. The van der Waals surface area contributed by atoms with Crippen molar-refractivity contribution in [3.63, 3.8) is 0 Å². The number of hydrogen-bond donors (Lipinski definition) is 0. The molecule has 2 aromatic rings. The molecule has 1 aliphatic carbocycles. The van der Waals surface area contributed by atoms with Gasteiger partial charge in [-0.2, -0.15) is 14.9 Å². The average molecular weight is 240 g/mol. The van der Waals surface area contributed by atoms with Crippen LogP contribution in [-0.4, -0.2) is 21.7 Å². The molecule has 88 valence electrons. The zero-order valence-electron chi connectivity index (χ0n) is 9.49. The number of methoxy groups -OCH3 is 1. The van der Waals surface area contributed by atoms with Crippen LogP contribution < -0.4 is 10.8 Å². The summed E-state index contributed by atoms with van der Waals surface area (Å²) in [6, 6.07) is 3.37. The van der Waals surface area contributed by atoms with Crippen molar-refractivity contribution >= 4 is 11.7 Å². The third kappa shape index (κ3) is 1.35. The van der Waals surface area contributed by atoms with Gasteiger partial charge in [0.05, 0.1) is 10.9 Å². The largest absolute Gasteiger partial charge is 0.371 e. The minimum absolute atomic E-state index is 0.170. The van der Waals surface area contributed by atoms with Crippen molar-refractivity contribution in [2.24, 2.45) is 0 Å². The molecule has 0 saturated carbocycles. The highest BCUT2D eigenvalue weighted by atomic mass is 16.5. The summed E-state index contributed by atoms with van der Waals surface area (Å²) in [5.41, 5.74) is 0.801. The normalized spacial score (nSPS) is 17.2. The molecule has 6 heteroatoms. The predicted molar refractivity (Wildman–Crippen MR) is 62.5 cm³/mol. The SMILES string of the molecule is COC1C=CC=c2c1nc1cc(C#N)nn1c2=O. The molecule has 3 rings (SSSR count). The first-order valence-electron chi connectivity index (χ1n) is 5.29. The molecule has 2 aromatic heterocycles. The minimum Gasteiger partial charge on any atom is -0.371 e. The van der Waals surface area contributed by atoms with Crippen molar-refractivity contribution in [1.29, 1.82) is 5.26 Å². The van der Waals surface area contributed by atoms with E-state index < -0.39 is 0 Å².